The minimum atomic E-state index is -1.06. The van der Waals surface area contributed by atoms with Crippen LogP contribution in [0.15, 0.2) is 54.6 Å². The Morgan fingerprint density at radius 1 is 1.08 bits per heavy atom. The van der Waals surface area contributed by atoms with Gasteiger partial charge in [-0.25, -0.2) is 4.39 Å². The third kappa shape index (κ3) is 9.38. The van der Waals surface area contributed by atoms with Crippen molar-refractivity contribution in [1.29, 1.82) is 0 Å². The first-order valence-corrected chi connectivity index (χ1v) is 13.5. The van der Waals surface area contributed by atoms with E-state index in [2.05, 4.69) is 28.6 Å². The molecular weight excluding hydrogens is 521 g/mol. The maximum absolute atomic E-state index is 13.6. The van der Waals surface area contributed by atoms with Crippen LogP contribution in [0.1, 0.15) is 56.0 Å². The van der Waals surface area contributed by atoms with Crippen LogP contribution in [0.4, 0.5) is 4.39 Å². The number of carbonyl (C=O) groups excluding carboxylic acids is 4. The number of esters is 1. The molecule has 3 amide bonds. The first-order chi connectivity index (χ1) is 18.4. The van der Waals surface area contributed by atoms with Crippen molar-refractivity contribution in [2.45, 2.75) is 69.4 Å². The van der Waals surface area contributed by atoms with Gasteiger partial charge in [-0.15, -0.1) is 0 Å². The smallest absolute Gasteiger partial charge is 0.321 e. The van der Waals surface area contributed by atoms with Gasteiger partial charge >= 0.3 is 5.97 Å². The second-order valence-corrected chi connectivity index (χ2v) is 11.2. The van der Waals surface area contributed by atoms with Crippen LogP contribution in [0.25, 0.3) is 0 Å². The van der Waals surface area contributed by atoms with Crippen molar-refractivity contribution >= 4 is 36.3 Å². The molecule has 4 atom stereocenters. The average molecular weight is 558 g/mol. The van der Waals surface area contributed by atoms with E-state index in [1.807, 2.05) is 0 Å². The second kappa shape index (κ2) is 13.6. The van der Waals surface area contributed by atoms with Crippen molar-refractivity contribution in [1.82, 2.24) is 16.0 Å². The first kappa shape index (κ1) is 30.1. The monoisotopic (exact) mass is 557 g/mol. The minimum absolute atomic E-state index is 0.0744. The van der Waals surface area contributed by atoms with E-state index in [0.717, 1.165) is 6.42 Å². The lowest BCUT2D eigenvalue weighted by Gasteiger charge is -2.32. The Labute approximate surface area is 233 Å². The van der Waals surface area contributed by atoms with E-state index in [1.54, 1.807) is 51.1 Å². The molecule has 1 aliphatic rings. The number of amides is 3. The van der Waals surface area contributed by atoms with Crippen LogP contribution in [0.3, 0.4) is 0 Å². The van der Waals surface area contributed by atoms with Crippen molar-refractivity contribution in [2.24, 2.45) is 5.92 Å². The van der Waals surface area contributed by atoms with Gasteiger partial charge in [-0.1, -0.05) is 30.3 Å². The Kier molecular flexibility index (Phi) is 10.5. The largest absolute Gasteiger partial charge is 0.459 e. The molecular formula is C29H36FN3O5S. The molecule has 0 aromatic heterocycles. The van der Waals surface area contributed by atoms with E-state index in [4.69, 9.17) is 4.74 Å². The molecule has 3 rings (SSSR count). The SMILES string of the molecule is CC(C)(C)OC(=O)C(S)[C@@H](C[C@H]1CCCNC1=O)NC(=O)[C@H](Cc1ccc(F)cc1)NC(=O)c1ccccc1. The molecule has 1 unspecified atom stereocenters. The highest BCUT2D eigenvalue weighted by molar-refractivity contribution is 7.81. The van der Waals surface area contributed by atoms with Gasteiger partial charge in [0.1, 0.15) is 22.7 Å². The van der Waals surface area contributed by atoms with Crippen molar-refractivity contribution in [3.05, 3.63) is 71.5 Å². The number of hydrogen-bond donors (Lipinski definition) is 4. The number of carbonyl (C=O) groups is 4. The Morgan fingerprint density at radius 2 is 1.74 bits per heavy atom. The molecule has 8 nitrogen and oxygen atoms in total. The Morgan fingerprint density at radius 3 is 2.36 bits per heavy atom. The van der Waals surface area contributed by atoms with E-state index in [-0.39, 0.29) is 18.7 Å². The number of piperidine rings is 1. The summed E-state index contributed by atoms with van der Waals surface area (Å²) < 4.78 is 19.0. The predicted molar refractivity (Wildman–Crippen MR) is 149 cm³/mol. The van der Waals surface area contributed by atoms with Gasteiger partial charge in [0.15, 0.2) is 0 Å². The van der Waals surface area contributed by atoms with Gasteiger partial charge in [-0.2, -0.15) is 12.6 Å². The summed E-state index contributed by atoms with van der Waals surface area (Å²) in [6.07, 6.45) is 1.63. The predicted octanol–water partition coefficient (Wildman–Crippen LogP) is 3.21. The number of benzene rings is 2. The normalized spacial score (nSPS) is 17.8. The third-order valence-corrected chi connectivity index (χ3v) is 6.88. The summed E-state index contributed by atoms with van der Waals surface area (Å²) >= 11 is 4.49. The summed E-state index contributed by atoms with van der Waals surface area (Å²) in [5.74, 6) is -2.64. The van der Waals surface area contributed by atoms with Crippen LogP contribution in [0.5, 0.6) is 0 Å². The van der Waals surface area contributed by atoms with Crippen molar-refractivity contribution in [3.63, 3.8) is 0 Å². The molecule has 0 radical (unpaired) electrons. The molecule has 0 bridgehead atoms. The quantitative estimate of drug-likeness (QED) is 0.265. The lowest BCUT2D eigenvalue weighted by Crippen LogP contribution is -2.55. The summed E-state index contributed by atoms with van der Waals surface area (Å²) in [4.78, 5) is 52.0. The molecule has 1 fully saturated rings. The first-order valence-electron chi connectivity index (χ1n) is 13.0. The van der Waals surface area contributed by atoms with Gasteiger partial charge in [-0.3, -0.25) is 19.2 Å². The Hall–Kier alpha value is -3.40. The molecule has 0 aliphatic carbocycles. The number of hydrogen-bond acceptors (Lipinski definition) is 6. The number of halogens is 1. The van der Waals surface area contributed by atoms with E-state index < -0.39 is 52.5 Å². The average Bonchev–Trinajstić information content (AvgIpc) is 2.89. The van der Waals surface area contributed by atoms with E-state index >= 15 is 0 Å². The standard InChI is InChI=1S/C29H36FN3O5S/c1-29(2,3)38-28(37)24(39)22(17-20-10-7-15-31-25(20)34)32-27(36)23(16-18-11-13-21(30)14-12-18)33-26(35)19-8-5-4-6-9-19/h4-6,8-9,11-14,20,22-24,39H,7,10,15-17H2,1-3H3,(H,31,34)(H,32,36)(H,33,35)/t20-,22-,23+,24?/m1/s1. The summed E-state index contributed by atoms with van der Waals surface area (Å²) in [6, 6.07) is 12.2. The van der Waals surface area contributed by atoms with Crippen LogP contribution in [0, 0.1) is 11.7 Å². The van der Waals surface area contributed by atoms with Gasteiger partial charge in [0.2, 0.25) is 11.8 Å². The molecule has 39 heavy (non-hydrogen) atoms. The summed E-state index contributed by atoms with van der Waals surface area (Å²) in [7, 11) is 0. The molecule has 1 heterocycles. The summed E-state index contributed by atoms with van der Waals surface area (Å²) in [5.41, 5.74) is 0.220. The zero-order valence-electron chi connectivity index (χ0n) is 22.4. The van der Waals surface area contributed by atoms with Crippen LogP contribution >= 0.6 is 12.6 Å². The maximum atomic E-state index is 13.6. The van der Waals surface area contributed by atoms with Crippen LogP contribution < -0.4 is 16.0 Å². The van der Waals surface area contributed by atoms with E-state index in [0.29, 0.717) is 24.1 Å². The molecule has 1 saturated heterocycles. The zero-order valence-corrected chi connectivity index (χ0v) is 23.3. The van der Waals surface area contributed by atoms with E-state index in [9.17, 15) is 23.6 Å². The van der Waals surface area contributed by atoms with Gasteiger partial charge in [-0.05, 0) is 69.9 Å². The highest BCUT2D eigenvalue weighted by atomic mass is 32.1. The maximum Gasteiger partial charge on any atom is 0.321 e. The molecule has 2 aromatic rings. The fraction of sp³-hybridized carbons (Fsp3) is 0.448. The zero-order chi connectivity index (χ0) is 28.6. The third-order valence-electron chi connectivity index (χ3n) is 6.31. The van der Waals surface area contributed by atoms with Crippen molar-refractivity contribution in [3.8, 4) is 0 Å². The highest BCUT2D eigenvalue weighted by Gasteiger charge is 2.36. The van der Waals surface area contributed by atoms with Crippen molar-refractivity contribution in [2.75, 3.05) is 6.54 Å². The number of rotatable bonds is 10. The van der Waals surface area contributed by atoms with Crippen LogP contribution in [-0.4, -0.2) is 53.2 Å². The molecule has 1 aliphatic heterocycles. The summed E-state index contributed by atoms with van der Waals surface area (Å²) in [5, 5.41) is 7.37. The van der Waals surface area contributed by atoms with Gasteiger partial charge in [0.05, 0.1) is 6.04 Å². The lowest BCUT2D eigenvalue weighted by molar-refractivity contribution is -0.155. The Bertz CT molecular complexity index is 1150. The Balaban J connectivity index is 1.85. The molecule has 0 saturated carbocycles. The molecule has 3 N–H and O–H groups in total. The van der Waals surface area contributed by atoms with Gasteiger partial charge in [0, 0.05) is 24.4 Å². The topological polar surface area (TPSA) is 114 Å². The molecule has 210 valence electrons. The second-order valence-electron chi connectivity index (χ2n) is 10.7. The van der Waals surface area contributed by atoms with E-state index in [1.165, 1.54) is 24.3 Å². The minimum Gasteiger partial charge on any atom is -0.459 e. The van der Waals surface area contributed by atoms with Crippen molar-refractivity contribution < 1.29 is 28.3 Å². The van der Waals surface area contributed by atoms with Crippen LogP contribution in [0.2, 0.25) is 0 Å². The fourth-order valence-electron chi connectivity index (χ4n) is 4.34. The van der Waals surface area contributed by atoms with Crippen LogP contribution in [-0.2, 0) is 25.5 Å². The van der Waals surface area contributed by atoms with Gasteiger partial charge in [0.25, 0.3) is 5.91 Å². The fourth-order valence-corrected chi connectivity index (χ4v) is 4.59. The molecule has 10 heteroatoms. The number of ether oxygens (including phenoxy) is 1. The highest BCUT2D eigenvalue weighted by Crippen LogP contribution is 2.23. The lowest BCUT2D eigenvalue weighted by atomic mass is 9.90. The number of nitrogens with one attached hydrogen (secondary N) is 3. The summed E-state index contributed by atoms with van der Waals surface area (Å²) in [6.45, 7) is 5.76. The molecule has 2 aromatic carbocycles. The number of thiol groups is 1. The van der Waals surface area contributed by atoms with Gasteiger partial charge < -0.3 is 20.7 Å². The molecule has 0 spiro atoms.